The Kier molecular flexibility index (Phi) is 5.35. The number of benzene rings is 2. The summed E-state index contributed by atoms with van der Waals surface area (Å²) in [4.78, 5) is 25.3. The summed E-state index contributed by atoms with van der Waals surface area (Å²) in [5.41, 5.74) is 0.151. The third kappa shape index (κ3) is 4.18. The van der Waals surface area contributed by atoms with Gasteiger partial charge >= 0.3 is 5.97 Å². The summed E-state index contributed by atoms with van der Waals surface area (Å²) in [6.07, 6.45) is 0. The zero-order chi connectivity index (χ0) is 17.8. The van der Waals surface area contributed by atoms with Crippen molar-refractivity contribution in [2.45, 2.75) is 23.8 Å². The fourth-order valence-electron chi connectivity index (χ4n) is 2.12. The number of rotatable bonds is 5. The summed E-state index contributed by atoms with van der Waals surface area (Å²) in [5, 5.41) is 8.35. The van der Waals surface area contributed by atoms with E-state index < -0.39 is 11.2 Å². The van der Waals surface area contributed by atoms with Gasteiger partial charge in [-0.1, -0.05) is 28.9 Å². The van der Waals surface area contributed by atoms with E-state index in [4.69, 9.17) is 16.3 Å². The fourth-order valence-corrected chi connectivity index (χ4v) is 3.11. The second kappa shape index (κ2) is 7.67. The SMILES string of the molecule is C[C@@H](Sc1ccc(Cl)cc1)C(=O)OCn1nnc2ccccc2c1=O. The minimum absolute atomic E-state index is 0.277. The molecule has 6 nitrogen and oxygen atoms in total. The molecular weight excluding hydrogens is 362 g/mol. The van der Waals surface area contributed by atoms with Gasteiger partial charge in [0.15, 0.2) is 6.73 Å². The molecular formula is C17H14ClN3O3S. The van der Waals surface area contributed by atoms with Crippen LogP contribution in [-0.4, -0.2) is 26.2 Å². The first-order valence-electron chi connectivity index (χ1n) is 7.46. The van der Waals surface area contributed by atoms with Crippen molar-refractivity contribution in [1.29, 1.82) is 0 Å². The Bertz CT molecular complexity index is 959. The minimum atomic E-state index is -0.443. The van der Waals surface area contributed by atoms with Crippen LogP contribution < -0.4 is 5.56 Å². The lowest BCUT2D eigenvalue weighted by atomic mass is 10.2. The van der Waals surface area contributed by atoms with Crippen molar-refractivity contribution in [3.05, 3.63) is 63.9 Å². The standard InChI is InChI=1S/C17H14ClN3O3S/c1-11(25-13-8-6-12(18)7-9-13)17(23)24-10-21-16(22)14-4-2-3-5-15(14)19-20-21/h2-9,11H,10H2,1H3/t11-/m1/s1. The number of hydrogen-bond acceptors (Lipinski definition) is 6. The highest BCUT2D eigenvalue weighted by Crippen LogP contribution is 2.25. The molecule has 0 aliphatic rings. The van der Waals surface area contributed by atoms with Gasteiger partial charge in [-0.3, -0.25) is 9.59 Å². The summed E-state index contributed by atoms with van der Waals surface area (Å²) >= 11 is 7.18. The molecule has 0 amide bonds. The molecule has 3 aromatic rings. The first kappa shape index (κ1) is 17.4. The van der Waals surface area contributed by atoms with Gasteiger partial charge in [-0.05, 0) is 43.3 Å². The van der Waals surface area contributed by atoms with E-state index in [1.165, 1.54) is 11.8 Å². The Hall–Kier alpha value is -2.38. The van der Waals surface area contributed by atoms with Crippen LogP contribution in [0.3, 0.4) is 0 Å². The molecule has 128 valence electrons. The molecule has 25 heavy (non-hydrogen) atoms. The number of ether oxygens (including phenoxy) is 1. The van der Waals surface area contributed by atoms with Crippen molar-refractivity contribution >= 4 is 40.2 Å². The van der Waals surface area contributed by atoms with Crippen molar-refractivity contribution in [3.8, 4) is 0 Å². The maximum Gasteiger partial charge on any atom is 0.320 e. The molecule has 2 aromatic carbocycles. The summed E-state index contributed by atoms with van der Waals surface area (Å²) in [5.74, 6) is -0.443. The Balaban J connectivity index is 1.64. The molecule has 0 saturated heterocycles. The Labute approximate surface area is 152 Å². The number of carbonyl (C=O) groups is 1. The van der Waals surface area contributed by atoms with Crippen LogP contribution in [0, 0.1) is 0 Å². The van der Waals surface area contributed by atoms with Crippen LogP contribution in [0.15, 0.2) is 58.2 Å². The monoisotopic (exact) mass is 375 g/mol. The molecule has 0 radical (unpaired) electrons. The molecule has 1 atom stereocenters. The van der Waals surface area contributed by atoms with Gasteiger partial charge in [0, 0.05) is 9.92 Å². The highest BCUT2D eigenvalue weighted by molar-refractivity contribution is 8.00. The second-order valence-corrected chi connectivity index (χ2v) is 7.07. The highest BCUT2D eigenvalue weighted by atomic mass is 35.5. The molecule has 0 N–H and O–H groups in total. The van der Waals surface area contributed by atoms with E-state index in [0.717, 1.165) is 9.58 Å². The molecule has 1 heterocycles. The lowest BCUT2D eigenvalue weighted by Gasteiger charge is -2.11. The molecule has 0 spiro atoms. The highest BCUT2D eigenvalue weighted by Gasteiger charge is 2.17. The van der Waals surface area contributed by atoms with Crippen LogP contribution in [0.2, 0.25) is 5.02 Å². The average molecular weight is 376 g/mol. The molecule has 0 aliphatic heterocycles. The zero-order valence-corrected chi connectivity index (χ0v) is 14.8. The Morgan fingerprint density at radius 2 is 1.96 bits per heavy atom. The van der Waals surface area contributed by atoms with Crippen LogP contribution in [-0.2, 0) is 16.3 Å². The molecule has 0 fully saturated rings. The largest absolute Gasteiger partial charge is 0.441 e. The van der Waals surface area contributed by atoms with Crippen LogP contribution in [0.4, 0.5) is 0 Å². The van der Waals surface area contributed by atoms with Gasteiger partial charge in [-0.2, -0.15) is 4.68 Å². The molecule has 0 aliphatic carbocycles. The van der Waals surface area contributed by atoms with E-state index >= 15 is 0 Å². The number of carbonyl (C=O) groups excluding carboxylic acids is 1. The van der Waals surface area contributed by atoms with Crippen molar-refractivity contribution in [3.63, 3.8) is 0 Å². The average Bonchev–Trinajstić information content (AvgIpc) is 2.63. The normalized spacial score (nSPS) is 12.1. The summed E-state index contributed by atoms with van der Waals surface area (Å²) in [6, 6.07) is 14.0. The number of esters is 1. The zero-order valence-electron chi connectivity index (χ0n) is 13.3. The molecule has 8 heteroatoms. The molecule has 0 unspecified atom stereocenters. The van der Waals surface area contributed by atoms with E-state index in [2.05, 4.69) is 10.3 Å². The Morgan fingerprint density at radius 3 is 2.72 bits per heavy atom. The van der Waals surface area contributed by atoms with E-state index in [1.807, 2.05) is 12.1 Å². The third-order valence-corrected chi connectivity index (χ3v) is 4.76. The van der Waals surface area contributed by atoms with Gasteiger partial charge in [-0.15, -0.1) is 16.9 Å². The van der Waals surface area contributed by atoms with Crippen molar-refractivity contribution in [1.82, 2.24) is 15.0 Å². The fraction of sp³-hybridized carbons (Fsp3) is 0.176. The number of nitrogens with zero attached hydrogens (tertiary/aromatic N) is 3. The van der Waals surface area contributed by atoms with Crippen molar-refractivity contribution in [2.75, 3.05) is 0 Å². The maximum absolute atomic E-state index is 12.3. The predicted molar refractivity (Wildman–Crippen MR) is 96.7 cm³/mol. The summed E-state index contributed by atoms with van der Waals surface area (Å²) in [6.45, 7) is 1.46. The quantitative estimate of drug-likeness (QED) is 0.504. The topological polar surface area (TPSA) is 74.1 Å². The molecule has 0 saturated carbocycles. The van der Waals surface area contributed by atoms with Gasteiger partial charge in [0.25, 0.3) is 5.56 Å². The smallest absolute Gasteiger partial charge is 0.320 e. The van der Waals surface area contributed by atoms with E-state index in [0.29, 0.717) is 15.9 Å². The summed E-state index contributed by atoms with van der Waals surface area (Å²) < 4.78 is 6.22. The Morgan fingerprint density at radius 1 is 1.24 bits per heavy atom. The van der Waals surface area contributed by atoms with Crippen LogP contribution >= 0.6 is 23.4 Å². The van der Waals surface area contributed by atoms with Crippen LogP contribution in [0.25, 0.3) is 10.9 Å². The minimum Gasteiger partial charge on any atom is -0.441 e. The number of hydrogen-bond donors (Lipinski definition) is 0. The van der Waals surface area contributed by atoms with Crippen LogP contribution in [0.1, 0.15) is 6.92 Å². The van der Waals surface area contributed by atoms with Crippen LogP contribution in [0.5, 0.6) is 0 Å². The van der Waals surface area contributed by atoms with Gasteiger partial charge in [0.05, 0.1) is 5.39 Å². The maximum atomic E-state index is 12.3. The van der Waals surface area contributed by atoms with Gasteiger partial charge in [-0.25, -0.2) is 0 Å². The van der Waals surface area contributed by atoms with E-state index in [9.17, 15) is 9.59 Å². The third-order valence-electron chi connectivity index (χ3n) is 3.42. The number of fused-ring (bicyclic) bond motifs is 1. The number of halogens is 1. The molecule has 0 bridgehead atoms. The van der Waals surface area contributed by atoms with Gasteiger partial charge in [0.2, 0.25) is 0 Å². The lowest BCUT2D eigenvalue weighted by molar-refractivity contribution is -0.147. The van der Waals surface area contributed by atoms with Crippen molar-refractivity contribution < 1.29 is 9.53 Å². The predicted octanol–water partition coefficient (Wildman–Crippen LogP) is 3.13. The van der Waals surface area contributed by atoms with Gasteiger partial charge < -0.3 is 4.74 Å². The molecule has 3 rings (SSSR count). The van der Waals surface area contributed by atoms with Gasteiger partial charge in [0.1, 0.15) is 10.8 Å². The molecule has 1 aromatic heterocycles. The van der Waals surface area contributed by atoms with E-state index in [-0.39, 0.29) is 12.3 Å². The lowest BCUT2D eigenvalue weighted by Crippen LogP contribution is -2.28. The second-order valence-electron chi connectivity index (χ2n) is 5.22. The first-order chi connectivity index (χ1) is 12.0. The number of thioether (sulfide) groups is 1. The summed E-state index contributed by atoms with van der Waals surface area (Å²) in [7, 11) is 0. The first-order valence-corrected chi connectivity index (χ1v) is 8.72. The van der Waals surface area contributed by atoms with E-state index in [1.54, 1.807) is 43.3 Å². The van der Waals surface area contributed by atoms with Crippen molar-refractivity contribution in [2.24, 2.45) is 0 Å². The number of aromatic nitrogens is 3.